The van der Waals surface area contributed by atoms with Crippen LogP contribution in [0, 0.1) is 41.9 Å². The van der Waals surface area contributed by atoms with Gasteiger partial charge in [0.25, 0.3) is 0 Å². The molecule has 5 rings (SSSR count). The van der Waals surface area contributed by atoms with Crippen LogP contribution in [-0.4, -0.2) is 35.9 Å². The number of benzene rings is 2. The van der Waals surface area contributed by atoms with Gasteiger partial charge in [0.05, 0.1) is 12.0 Å². The number of carbonyl (C=O) groups excluding carboxylic acids is 2. The largest absolute Gasteiger partial charge is 0.461 e. The van der Waals surface area contributed by atoms with E-state index in [-0.39, 0.29) is 19.0 Å². The predicted molar refractivity (Wildman–Crippen MR) is 175 cm³/mol. The molecule has 1 atom stereocenters. The van der Waals surface area contributed by atoms with Crippen LogP contribution in [-0.2, 0) is 25.5 Å². The van der Waals surface area contributed by atoms with E-state index in [1.807, 2.05) is 54.6 Å². The monoisotopic (exact) mass is 610 g/mol. The minimum absolute atomic E-state index is 0.169. The Kier molecular flexibility index (Phi) is 9.89. The average Bonchev–Trinajstić information content (AvgIpc) is 3.55. The van der Waals surface area contributed by atoms with Crippen molar-refractivity contribution in [3.63, 3.8) is 0 Å². The molecule has 1 saturated carbocycles. The van der Waals surface area contributed by atoms with Gasteiger partial charge in [-0.1, -0.05) is 63.3 Å². The van der Waals surface area contributed by atoms with Gasteiger partial charge >= 0.3 is 11.9 Å². The highest BCUT2D eigenvalue weighted by molar-refractivity contribution is 5.91. The number of cyclic esters (lactones) is 1. The molecule has 1 N–H and O–H groups in total. The minimum Gasteiger partial charge on any atom is -0.461 e. The van der Waals surface area contributed by atoms with Crippen molar-refractivity contribution in [3.8, 4) is 11.8 Å². The van der Waals surface area contributed by atoms with Crippen molar-refractivity contribution < 1.29 is 28.6 Å². The van der Waals surface area contributed by atoms with E-state index in [4.69, 9.17) is 13.9 Å². The Morgan fingerprint density at radius 1 is 1.00 bits per heavy atom. The highest BCUT2D eigenvalue weighted by atomic mass is 16.6. The number of aryl methyl sites for hydroxylation is 1. The number of aliphatic hydroxyl groups excluding tert-OH is 1. The molecule has 1 aromatic heterocycles. The Morgan fingerprint density at radius 3 is 2.31 bits per heavy atom. The van der Waals surface area contributed by atoms with Crippen molar-refractivity contribution in [2.24, 2.45) is 23.2 Å². The van der Waals surface area contributed by atoms with Gasteiger partial charge < -0.3 is 19.0 Å². The molecule has 6 heteroatoms. The summed E-state index contributed by atoms with van der Waals surface area (Å²) in [7, 11) is 0. The number of hydrogen-bond donors (Lipinski definition) is 1. The fourth-order valence-electron chi connectivity index (χ4n) is 6.35. The van der Waals surface area contributed by atoms with Crippen LogP contribution in [0.25, 0.3) is 11.0 Å². The second-order valence-corrected chi connectivity index (χ2v) is 14.1. The first-order valence-electron chi connectivity index (χ1n) is 16.3. The van der Waals surface area contributed by atoms with Crippen molar-refractivity contribution in [2.45, 2.75) is 85.2 Å². The van der Waals surface area contributed by atoms with Gasteiger partial charge in [-0.2, -0.15) is 0 Å². The summed E-state index contributed by atoms with van der Waals surface area (Å²) >= 11 is 0. The van der Waals surface area contributed by atoms with E-state index in [2.05, 4.69) is 46.5 Å². The SMILES string of the molecule is Cc1ccc(C#Cc2ccc3oc(CC4(C(=O)OC[C@]5(CO)C/C(=C\CC(CC(C)C)CC(C)C)C(=O)O5)CC4)cc3c2)cc1. The second kappa shape index (κ2) is 13.7. The van der Waals surface area contributed by atoms with Crippen LogP contribution in [0.1, 0.15) is 88.7 Å². The first-order chi connectivity index (χ1) is 21.5. The van der Waals surface area contributed by atoms with Gasteiger partial charge in [-0.15, -0.1) is 0 Å². The molecule has 238 valence electrons. The number of esters is 2. The Balaban J connectivity index is 1.20. The zero-order chi connectivity index (χ0) is 32.2. The Hall–Kier alpha value is -3.82. The van der Waals surface area contributed by atoms with Crippen molar-refractivity contribution in [1.29, 1.82) is 0 Å². The summed E-state index contributed by atoms with van der Waals surface area (Å²) in [6, 6.07) is 15.9. The number of furan rings is 1. The Labute approximate surface area is 267 Å². The Morgan fingerprint density at radius 2 is 1.67 bits per heavy atom. The Bertz CT molecular complexity index is 1600. The molecule has 6 nitrogen and oxygen atoms in total. The lowest BCUT2D eigenvalue weighted by atomic mass is 9.86. The van der Waals surface area contributed by atoms with Gasteiger partial charge in [-0.25, -0.2) is 4.79 Å². The third-order valence-electron chi connectivity index (χ3n) is 8.91. The van der Waals surface area contributed by atoms with Crippen LogP contribution in [0.3, 0.4) is 0 Å². The van der Waals surface area contributed by atoms with Gasteiger partial charge in [0, 0.05) is 34.9 Å². The standard InChI is InChI=1S/C39H46O6/c1-26(2)18-31(19-27(3)4)12-14-32-22-39(24-40,45-36(32)41)25-43-37(42)38(16-17-38)23-34-21-33-20-30(13-15-35(33)44-34)11-10-29-8-6-28(5)7-9-29/h6-9,13-15,20-21,26-27,31,40H,12,16-19,22-25H2,1-5H3/b32-14+/t39-/m1/s1. The van der Waals surface area contributed by atoms with Gasteiger partial charge in [0.2, 0.25) is 0 Å². The first-order valence-corrected chi connectivity index (χ1v) is 16.3. The fourth-order valence-corrected chi connectivity index (χ4v) is 6.35. The van der Waals surface area contributed by atoms with Crippen LogP contribution in [0.5, 0.6) is 0 Å². The van der Waals surface area contributed by atoms with Gasteiger partial charge in [0.1, 0.15) is 18.0 Å². The summed E-state index contributed by atoms with van der Waals surface area (Å²) in [5.74, 6) is 8.01. The summed E-state index contributed by atoms with van der Waals surface area (Å²) < 4.78 is 17.5. The molecule has 0 spiro atoms. The smallest absolute Gasteiger partial charge is 0.334 e. The van der Waals surface area contributed by atoms with Crippen molar-refractivity contribution in [3.05, 3.63) is 82.6 Å². The summed E-state index contributed by atoms with van der Waals surface area (Å²) in [5.41, 5.74) is 2.45. The lowest BCUT2D eigenvalue weighted by molar-refractivity contribution is -0.169. The predicted octanol–water partition coefficient (Wildman–Crippen LogP) is 7.71. The normalized spacial score (nSPS) is 19.8. The van der Waals surface area contributed by atoms with E-state index in [1.54, 1.807) is 0 Å². The molecule has 2 aromatic carbocycles. The average molecular weight is 611 g/mol. The molecule has 2 heterocycles. The molecule has 0 amide bonds. The molecule has 2 aliphatic rings. The van der Waals surface area contributed by atoms with Gasteiger partial charge in [0.15, 0.2) is 5.60 Å². The first kappa shape index (κ1) is 32.6. The number of carbonyl (C=O) groups is 2. The number of ether oxygens (including phenoxy) is 2. The van der Waals surface area contributed by atoms with Gasteiger partial charge in [-0.05, 0) is 93.2 Å². The van der Waals surface area contributed by atoms with E-state index in [0.717, 1.165) is 47.1 Å². The summed E-state index contributed by atoms with van der Waals surface area (Å²) in [6.07, 6.45) is 7.00. The molecule has 3 aromatic rings. The maximum atomic E-state index is 13.3. The number of rotatable bonds is 12. The summed E-state index contributed by atoms with van der Waals surface area (Å²) in [6.45, 7) is 10.4. The highest BCUT2D eigenvalue weighted by Crippen LogP contribution is 2.50. The lowest BCUT2D eigenvalue weighted by Crippen LogP contribution is -2.40. The van der Waals surface area contributed by atoms with E-state index < -0.39 is 23.6 Å². The van der Waals surface area contributed by atoms with Crippen molar-refractivity contribution >= 4 is 22.9 Å². The van der Waals surface area contributed by atoms with Crippen LogP contribution < -0.4 is 0 Å². The van der Waals surface area contributed by atoms with Crippen LogP contribution in [0.15, 0.2) is 64.6 Å². The summed E-state index contributed by atoms with van der Waals surface area (Å²) in [4.78, 5) is 26.1. The molecule has 0 unspecified atom stereocenters. The lowest BCUT2D eigenvalue weighted by Gasteiger charge is -2.25. The molecule has 0 bridgehead atoms. The van der Waals surface area contributed by atoms with Gasteiger partial charge in [-0.3, -0.25) is 4.79 Å². The third kappa shape index (κ3) is 8.27. The van der Waals surface area contributed by atoms with Crippen LogP contribution >= 0.6 is 0 Å². The number of hydrogen-bond acceptors (Lipinski definition) is 6. The molecule has 1 aliphatic carbocycles. The molecular formula is C39H46O6. The van der Waals surface area contributed by atoms with E-state index in [1.165, 1.54) is 5.56 Å². The summed E-state index contributed by atoms with van der Waals surface area (Å²) in [5, 5.41) is 11.2. The maximum Gasteiger partial charge on any atom is 0.334 e. The van der Waals surface area contributed by atoms with Crippen LogP contribution in [0.4, 0.5) is 0 Å². The fraction of sp³-hybridized carbons (Fsp3) is 0.487. The molecular weight excluding hydrogens is 564 g/mol. The molecule has 1 saturated heterocycles. The third-order valence-corrected chi connectivity index (χ3v) is 8.91. The number of aliphatic hydroxyl groups is 1. The quantitative estimate of drug-likeness (QED) is 0.128. The van der Waals surface area contributed by atoms with E-state index >= 15 is 0 Å². The van der Waals surface area contributed by atoms with E-state index in [9.17, 15) is 14.7 Å². The molecule has 2 fully saturated rings. The van der Waals surface area contributed by atoms with Crippen molar-refractivity contribution in [2.75, 3.05) is 13.2 Å². The van der Waals surface area contributed by atoms with E-state index in [0.29, 0.717) is 42.6 Å². The maximum absolute atomic E-state index is 13.3. The zero-order valence-corrected chi connectivity index (χ0v) is 27.3. The molecule has 45 heavy (non-hydrogen) atoms. The van der Waals surface area contributed by atoms with Crippen LogP contribution in [0.2, 0.25) is 0 Å². The number of fused-ring (bicyclic) bond motifs is 1. The molecule has 0 radical (unpaired) electrons. The molecule has 1 aliphatic heterocycles. The highest BCUT2D eigenvalue weighted by Gasteiger charge is 2.53. The topological polar surface area (TPSA) is 86.0 Å². The van der Waals surface area contributed by atoms with Crippen molar-refractivity contribution in [1.82, 2.24) is 0 Å². The number of allylic oxidation sites excluding steroid dienone is 1. The second-order valence-electron chi connectivity index (χ2n) is 14.1. The minimum atomic E-state index is -1.24. The zero-order valence-electron chi connectivity index (χ0n) is 27.3.